The summed E-state index contributed by atoms with van der Waals surface area (Å²) in [6.07, 6.45) is 0. The van der Waals surface area contributed by atoms with Crippen LogP contribution in [0.1, 0.15) is 27.0 Å². The van der Waals surface area contributed by atoms with Crippen LogP contribution in [0.2, 0.25) is 0 Å². The molecule has 0 saturated carbocycles. The molecule has 5 heteroatoms. The van der Waals surface area contributed by atoms with Gasteiger partial charge in [-0.1, -0.05) is 0 Å². The highest BCUT2D eigenvalue weighted by molar-refractivity contribution is 5.89. The molecule has 0 bridgehead atoms. The van der Waals surface area contributed by atoms with E-state index in [4.69, 9.17) is 10.4 Å². The molecule has 0 aliphatic carbocycles. The van der Waals surface area contributed by atoms with Crippen LogP contribution in [-0.4, -0.2) is 11.1 Å². The minimum absolute atomic E-state index is 0.145. The van der Waals surface area contributed by atoms with Crippen molar-refractivity contribution in [3.05, 3.63) is 70.3 Å². The topological polar surface area (TPSA) is 61.1 Å². The lowest BCUT2D eigenvalue weighted by atomic mass is 10.1. The number of halogens is 2. The van der Waals surface area contributed by atoms with Crippen molar-refractivity contribution < 1.29 is 18.7 Å². The first-order chi connectivity index (χ1) is 9.85. The molecule has 0 unspecified atom stereocenters. The fraction of sp³-hybridized carbons (Fsp3) is 0.125. The molecule has 1 N–H and O–H groups in total. The summed E-state index contributed by atoms with van der Waals surface area (Å²) in [5, 5.41) is 17.0. The van der Waals surface area contributed by atoms with E-state index in [1.165, 1.54) is 30.3 Å². The van der Waals surface area contributed by atoms with E-state index in [0.29, 0.717) is 16.7 Å². The summed E-state index contributed by atoms with van der Waals surface area (Å²) < 4.78 is 24.8. The molecule has 0 amide bonds. The van der Waals surface area contributed by atoms with Gasteiger partial charge in [0.25, 0.3) is 0 Å². The van der Waals surface area contributed by atoms with Crippen LogP contribution in [0.5, 0.6) is 0 Å². The van der Waals surface area contributed by atoms with Gasteiger partial charge in [0.2, 0.25) is 0 Å². The first-order valence-corrected chi connectivity index (χ1v) is 6.01. The summed E-state index contributed by atoms with van der Waals surface area (Å²) in [5.74, 6) is -1.73. The zero-order valence-corrected chi connectivity index (χ0v) is 11.5. The number of rotatable bonds is 1. The Morgan fingerprint density at radius 3 is 2.00 bits per heavy atom. The number of hydrogen-bond donors (Lipinski definition) is 1. The van der Waals surface area contributed by atoms with Gasteiger partial charge in [0.1, 0.15) is 11.6 Å². The van der Waals surface area contributed by atoms with Crippen LogP contribution < -0.4 is 0 Å². The van der Waals surface area contributed by atoms with Crippen molar-refractivity contribution in [2.45, 2.75) is 13.8 Å². The predicted molar refractivity (Wildman–Crippen MR) is 73.9 cm³/mol. The van der Waals surface area contributed by atoms with E-state index < -0.39 is 11.8 Å². The Labute approximate surface area is 121 Å². The molecule has 0 aliphatic rings. The maximum Gasteiger partial charge on any atom is 0.335 e. The lowest BCUT2D eigenvalue weighted by Gasteiger charge is -1.98. The summed E-state index contributed by atoms with van der Waals surface area (Å²) in [5.41, 5.74) is 1.80. The molecule has 0 spiro atoms. The molecule has 0 saturated heterocycles. The number of benzene rings is 2. The third-order valence-electron chi connectivity index (χ3n) is 2.73. The lowest BCUT2D eigenvalue weighted by Crippen LogP contribution is -1.99. The van der Waals surface area contributed by atoms with Crippen LogP contribution in [0, 0.1) is 36.8 Å². The molecule has 0 atom stereocenters. The third-order valence-corrected chi connectivity index (χ3v) is 2.73. The average Bonchev–Trinajstić information content (AvgIpc) is 2.39. The molecule has 21 heavy (non-hydrogen) atoms. The molecule has 0 heterocycles. The van der Waals surface area contributed by atoms with Crippen molar-refractivity contribution in [2.75, 3.05) is 0 Å². The van der Waals surface area contributed by atoms with Gasteiger partial charge in [-0.05, 0) is 61.4 Å². The van der Waals surface area contributed by atoms with Crippen LogP contribution in [-0.2, 0) is 0 Å². The van der Waals surface area contributed by atoms with Gasteiger partial charge in [-0.15, -0.1) is 0 Å². The van der Waals surface area contributed by atoms with Gasteiger partial charge < -0.3 is 5.11 Å². The van der Waals surface area contributed by atoms with Crippen molar-refractivity contribution in [3.63, 3.8) is 0 Å². The Hall–Kier alpha value is -2.74. The second-order valence-corrected chi connectivity index (χ2v) is 4.34. The Bertz CT molecular complexity index is 706. The average molecular weight is 289 g/mol. The number of carboxylic acid groups (broad SMARTS) is 1. The SMILES string of the molecule is Cc1cc(F)ccc1C#N.Cc1cc(F)ccc1C(=O)O. The van der Waals surface area contributed by atoms with Crippen LogP contribution in [0.25, 0.3) is 0 Å². The Balaban J connectivity index is 0.000000211. The zero-order chi connectivity index (χ0) is 16.0. The van der Waals surface area contributed by atoms with Crippen LogP contribution in [0.4, 0.5) is 8.78 Å². The van der Waals surface area contributed by atoms with Gasteiger partial charge in [0.15, 0.2) is 0 Å². The lowest BCUT2D eigenvalue weighted by molar-refractivity contribution is 0.0696. The summed E-state index contributed by atoms with van der Waals surface area (Å²) in [4.78, 5) is 10.4. The van der Waals surface area contributed by atoms with Crippen LogP contribution >= 0.6 is 0 Å². The molecular formula is C16H13F2NO2. The molecule has 2 aromatic rings. The van der Waals surface area contributed by atoms with Crippen molar-refractivity contribution in [2.24, 2.45) is 0 Å². The predicted octanol–water partition coefficient (Wildman–Crippen LogP) is 3.84. The first kappa shape index (κ1) is 16.3. The molecule has 0 aromatic heterocycles. The molecule has 0 aliphatic heterocycles. The monoisotopic (exact) mass is 289 g/mol. The molecule has 2 rings (SSSR count). The quantitative estimate of drug-likeness (QED) is 0.867. The largest absolute Gasteiger partial charge is 0.478 e. The van der Waals surface area contributed by atoms with E-state index in [1.807, 2.05) is 6.07 Å². The van der Waals surface area contributed by atoms with Crippen molar-refractivity contribution in [1.29, 1.82) is 5.26 Å². The Kier molecular flexibility index (Phi) is 5.56. The second kappa shape index (κ2) is 7.15. The third kappa shape index (κ3) is 4.69. The van der Waals surface area contributed by atoms with Crippen molar-refractivity contribution >= 4 is 5.97 Å². The number of carboxylic acids is 1. The van der Waals surface area contributed by atoms with Crippen LogP contribution in [0.15, 0.2) is 36.4 Å². The van der Waals surface area contributed by atoms with E-state index in [2.05, 4.69) is 0 Å². The number of aromatic carboxylic acids is 1. The minimum atomic E-state index is -1.03. The van der Waals surface area contributed by atoms with Gasteiger partial charge in [0, 0.05) is 0 Å². The normalized spacial score (nSPS) is 9.29. The van der Waals surface area contributed by atoms with Gasteiger partial charge >= 0.3 is 5.97 Å². The van der Waals surface area contributed by atoms with Gasteiger partial charge in [0.05, 0.1) is 17.2 Å². The second-order valence-electron chi connectivity index (χ2n) is 4.34. The highest BCUT2D eigenvalue weighted by atomic mass is 19.1. The van der Waals surface area contributed by atoms with E-state index in [1.54, 1.807) is 13.8 Å². The smallest absolute Gasteiger partial charge is 0.335 e. The molecule has 2 aromatic carbocycles. The fourth-order valence-corrected chi connectivity index (χ4v) is 1.62. The summed E-state index contributed by atoms with van der Waals surface area (Å²) >= 11 is 0. The number of aryl methyl sites for hydroxylation is 2. The van der Waals surface area contributed by atoms with Crippen molar-refractivity contribution in [3.8, 4) is 6.07 Å². The van der Waals surface area contributed by atoms with E-state index in [9.17, 15) is 13.6 Å². The first-order valence-electron chi connectivity index (χ1n) is 6.01. The highest BCUT2D eigenvalue weighted by Crippen LogP contribution is 2.09. The van der Waals surface area contributed by atoms with Gasteiger partial charge in [-0.3, -0.25) is 0 Å². The summed E-state index contributed by atoms with van der Waals surface area (Å²) in [6.45, 7) is 3.27. The molecule has 108 valence electrons. The van der Waals surface area contributed by atoms with E-state index >= 15 is 0 Å². The van der Waals surface area contributed by atoms with E-state index in [-0.39, 0.29) is 11.4 Å². The van der Waals surface area contributed by atoms with E-state index in [0.717, 1.165) is 6.07 Å². The minimum Gasteiger partial charge on any atom is -0.478 e. The number of nitrogens with zero attached hydrogens (tertiary/aromatic N) is 1. The summed E-state index contributed by atoms with van der Waals surface area (Å²) in [6, 6.07) is 9.65. The number of hydrogen-bond acceptors (Lipinski definition) is 2. The van der Waals surface area contributed by atoms with Gasteiger partial charge in [-0.25, -0.2) is 13.6 Å². The molecule has 3 nitrogen and oxygen atoms in total. The number of carbonyl (C=O) groups is 1. The standard InChI is InChI=1S/C8H6FN.C8H7FO2/c1-6-4-8(9)3-2-7(6)5-10;1-5-4-6(9)2-3-7(5)8(10)11/h2-4H,1H3;2-4H,1H3,(H,10,11). The maximum atomic E-state index is 12.4. The zero-order valence-electron chi connectivity index (χ0n) is 11.5. The highest BCUT2D eigenvalue weighted by Gasteiger charge is 2.05. The Morgan fingerprint density at radius 2 is 1.57 bits per heavy atom. The summed E-state index contributed by atoms with van der Waals surface area (Å²) in [7, 11) is 0. The van der Waals surface area contributed by atoms with Gasteiger partial charge in [-0.2, -0.15) is 5.26 Å². The number of nitriles is 1. The maximum absolute atomic E-state index is 12.4. The molecular weight excluding hydrogens is 276 g/mol. The molecule has 0 fully saturated rings. The molecule has 0 radical (unpaired) electrons. The fourth-order valence-electron chi connectivity index (χ4n) is 1.62. The van der Waals surface area contributed by atoms with Crippen LogP contribution in [0.3, 0.4) is 0 Å². The van der Waals surface area contributed by atoms with Crippen molar-refractivity contribution in [1.82, 2.24) is 0 Å². The Morgan fingerprint density at radius 1 is 1.05 bits per heavy atom.